The molecular formula is H4N4OP+. The van der Waals surface area contributed by atoms with Gasteiger partial charge in [0.2, 0.25) is 0 Å². The van der Waals surface area contributed by atoms with Gasteiger partial charge in [-0.1, -0.05) is 5.50 Å². The molecule has 6 heavy (non-hydrogen) atoms. The Kier molecular flexibility index (Phi) is 2.44. The Labute approximate surface area is 35.3 Å². The van der Waals surface area contributed by atoms with Gasteiger partial charge in [-0.25, -0.2) is 0 Å². The Morgan fingerprint density at radius 1 is 1.67 bits per heavy atom. The third-order valence-electron chi connectivity index (χ3n) is 0.140. The molecule has 0 aliphatic carbocycles. The molecule has 1 atom stereocenters. The summed E-state index contributed by atoms with van der Waals surface area (Å²) in [5.41, 5.74) is 4.57. The molecule has 1 unspecified atom stereocenters. The quantitative estimate of drug-likeness (QED) is 0.212. The lowest BCUT2D eigenvalue weighted by molar-refractivity contribution is 0.588. The van der Waals surface area contributed by atoms with Crippen LogP contribution in [0.1, 0.15) is 0 Å². The molecule has 0 aliphatic heterocycles. The maximum Gasteiger partial charge on any atom is 0.605 e. The van der Waals surface area contributed by atoms with Crippen molar-refractivity contribution >= 4 is 8.10 Å². The molecule has 4 N–H and O–H groups in total. The fraction of sp³-hybridized carbons (Fsp3) is 0. The zero-order chi connectivity index (χ0) is 4.99. The van der Waals surface area contributed by atoms with Crippen LogP contribution in [0.5, 0.6) is 0 Å². The van der Waals surface area contributed by atoms with Gasteiger partial charge in [-0.2, -0.15) is 0 Å². The van der Waals surface area contributed by atoms with Crippen molar-refractivity contribution in [1.29, 1.82) is 0 Å². The maximum atomic E-state index is 9.63. The molecule has 0 spiro atoms. The van der Waals surface area contributed by atoms with Gasteiger partial charge in [0.15, 0.2) is 0 Å². The Hall–Kier alpha value is -0.540. The van der Waals surface area contributed by atoms with Crippen molar-refractivity contribution in [2.45, 2.75) is 0 Å². The van der Waals surface area contributed by atoms with E-state index in [1.807, 2.05) is 0 Å². The normalized spacial score (nSPS) is 12.5. The summed E-state index contributed by atoms with van der Waals surface area (Å²) >= 11 is 0. The minimum Gasteiger partial charge on any atom is -0.301 e. The molecule has 0 aromatic carbocycles. The summed E-state index contributed by atoms with van der Waals surface area (Å²) in [6.07, 6.45) is 0. The van der Waals surface area contributed by atoms with Gasteiger partial charge >= 0.3 is 8.10 Å². The van der Waals surface area contributed by atoms with Crippen LogP contribution < -0.4 is 11.3 Å². The molecule has 6 heteroatoms. The largest absolute Gasteiger partial charge is 0.605 e. The number of nitrogens with two attached hydrogens (primary N) is 2. The van der Waals surface area contributed by atoms with E-state index in [0.717, 1.165) is 0 Å². The first-order valence-electron chi connectivity index (χ1n) is 1.10. The highest BCUT2D eigenvalue weighted by Gasteiger charge is 1.98. The van der Waals surface area contributed by atoms with E-state index in [4.69, 9.17) is 0 Å². The first kappa shape index (κ1) is 5.46. The lowest BCUT2D eigenvalue weighted by Gasteiger charge is -1.52. The molecule has 0 aromatic rings. The van der Waals surface area contributed by atoms with Crippen LogP contribution in [0, 0.1) is 0 Å². The van der Waals surface area contributed by atoms with Crippen molar-refractivity contribution < 1.29 is 4.57 Å². The van der Waals surface area contributed by atoms with Crippen LogP contribution in [0.25, 0.3) is 0 Å². The molecule has 34 valence electrons. The van der Waals surface area contributed by atoms with Gasteiger partial charge in [-0.3, -0.25) is 0 Å². The van der Waals surface area contributed by atoms with Gasteiger partial charge in [0, 0.05) is 0 Å². The highest BCUT2D eigenvalue weighted by molar-refractivity contribution is 7.40. The summed E-state index contributed by atoms with van der Waals surface area (Å²) < 4.78 is 9.63. The number of rotatable bonds is 1. The smallest absolute Gasteiger partial charge is 0.301 e. The zero-order valence-electron chi connectivity index (χ0n) is 2.90. The predicted octanol–water partition coefficient (Wildman–Crippen LogP) is -0.0716. The van der Waals surface area contributed by atoms with Crippen LogP contribution in [0.4, 0.5) is 0 Å². The van der Waals surface area contributed by atoms with Crippen LogP contribution in [-0.4, -0.2) is 0 Å². The fourth-order valence-electron chi connectivity index (χ4n) is 0.0509. The lowest BCUT2D eigenvalue weighted by Crippen LogP contribution is -1.75. The molecule has 0 aliphatic rings. The molecule has 0 saturated carbocycles. The number of nitrogens with zero attached hydrogens (tertiary/aromatic N) is 2. The molecule has 0 bridgehead atoms. The second-order valence-electron chi connectivity index (χ2n) is 0.507. The van der Waals surface area contributed by atoms with Crippen LogP contribution in [0.3, 0.4) is 0 Å². The van der Waals surface area contributed by atoms with Crippen molar-refractivity contribution in [3.63, 3.8) is 0 Å². The highest BCUT2D eigenvalue weighted by atomic mass is 31.1. The summed E-state index contributed by atoms with van der Waals surface area (Å²) in [7, 11) is -2.02. The van der Waals surface area contributed by atoms with Gasteiger partial charge in [0.25, 0.3) is 0 Å². The van der Waals surface area contributed by atoms with Gasteiger partial charge in [-0.15, -0.1) is 0 Å². The van der Waals surface area contributed by atoms with E-state index in [0.29, 0.717) is 0 Å². The van der Waals surface area contributed by atoms with Crippen molar-refractivity contribution in [3.05, 3.63) is 0 Å². The van der Waals surface area contributed by atoms with Crippen molar-refractivity contribution in [2.75, 3.05) is 0 Å². The van der Waals surface area contributed by atoms with Crippen LogP contribution in [0.2, 0.25) is 0 Å². The van der Waals surface area contributed by atoms with E-state index >= 15 is 0 Å². The Morgan fingerprint density at radius 2 is 2.17 bits per heavy atom. The van der Waals surface area contributed by atoms with E-state index in [1.54, 1.807) is 0 Å². The maximum absolute atomic E-state index is 9.63. The molecule has 5 nitrogen and oxygen atoms in total. The van der Waals surface area contributed by atoms with E-state index < -0.39 is 8.10 Å². The molecule has 0 fully saturated rings. The second-order valence-corrected chi connectivity index (χ2v) is 1.29. The monoisotopic (exact) mass is 107 g/mol. The molecule has 0 heterocycles. The van der Waals surface area contributed by atoms with Gasteiger partial charge in [0.1, 0.15) is 4.88 Å². The Bertz CT molecular complexity index is 75.6. The van der Waals surface area contributed by atoms with Gasteiger partial charge in [0.05, 0.1) is 0 Å². The van der Waals surface area contributed by atoms with Crippen molar-refractivity contribution in [1.82, 2.24) is 0 Å². The standard InChI is InChI=1S/H4N4OP/c1-3-4-6(2)5/h(H4,1,2,4,5)/q+1. The first-order chi connectivity index (χ1) is 2.77. The van der Waals surface area contributed by atoms with Crippen molar-refractivity contribution in [3.8, 4) is 0 Å². The number of hydrogen-bond acceptors (Lipinski definition) is 2. The SMILES string of the molecule is NN=N[P+](N)=O. The van der Waals surface area contributed by atoms with Crippen LogP contribution >= 0.6 is 8.10 Å². The lowest BCUT2D eigenvalue weighted by atomic mass is 12.8. The molecule has 0 radical (unpaired) electrons. The second kappa shape index (κ2) is 2.68. The summed E-state index contributed by atoms with van der Waals surface area (Å²) in [4.78, 5) is 2.81. The third kappa shape index (κ3) is 3.46. The van der Waals surface area contributed by atoms with Crippen molar-refractivity contribution in [2.24, 2.45) is 21.5 Å². The molecule has 0 rings (SSSR count). The third-order valence-corrected chi connectivity index (χ3v) is 0.419. The number of hydrogen-bond donors (Lipinski definition) is 2. The first-order valence-corrected chi connectivity index (χ1v) is 2.38. The Balaban J connectivity index is 3.30. The van der Waals surface area contributed by atoms with E-state index in [-0.39, 0.29) is 0 Å². The van der Waals surface area contributed by atoms with Crippen LogP contribution in [-0.2, 0) is 4.57 Å². The van der Waals surface area contributed by atoms with E-state index in [2.05, 4.69) is 21.5 Å². The summed E-state index contributed by atoms with van der Waals surface area (Å²) in [5, 5.41) is 2.65. The predicted molar refractivity (Wildman–Crippen MR) is 20.8 cm³/mol. The topological polar surface area (TPSA) is 93.8 Å². The van der Waals surface area contributed by atoms with Gasteiger partial charge < -0.3 is 5.84 Å². The molecule has 0 amide bonds. The van der Waals surface area contributed by atoms with Crippen LogP contribution in [0.15, 0.2) is 10.1 Å². The summed E-state index contributed by atoms with van der Waals surface area (Å²) in [5.74, 6) is 4.42. The molecule has 0 aromatic heterocycles. The Morgan fingerprint density at radius 3 is 2.17 bits per heavy atom. The summed E-state index contributed by atoms with van der Waals surface area (Å²) in [6, 6.07) is 0. The average molecular weight is 107 g/mol. The highest BCUT2D eigenvalue weighted by Crippen LogP contribution is 2.06. The van der Waals surface area contributed by atoms with E-state index in [1.165, 1.54) is 0 Å². The van der Waals surface area contributed by atoms with Gasteiger partial charge in [-0.05, 0) is 9.79 Å². The molecule has 0 saturated heterocycles. The average Bonchev–Trinajstić information content (AvgIpc) is 1.35. The molecular weight excluding hydrogens is 103 g/mol. The zero-order valence-corrected chi connectivity index (χ0v) is 3.80. The minimum atomic E-state index is -2.02. The summed E-state index contributed by atoms with van der Waals surface area (Å²) in [6.45, 7) is 0. The van der Waals surface area contributed by atoms with E-state index in [9.17, 15) is 4.57 Å². The minimum absolute atomic E-state index is 2.02. The fourth-order valence-corrected chi connectivity index (χ4v) is 0.153.